The Hall–Kier alpha value is -0.770. The van der Waals surface area contributed by atoms with E-state index < -0.39 is 0 Å². The molecule has 0 spiro atoms. The molecule has 2 heterocycles. The van der Waals surface area contributed by atoms with Gasteiger partial charge in [-0.15, -0.1) is 0 Å². The molecule has 2 N–H and O–H groups in total. The van der Waals surface area contributed by atoms with Crippen molar-refractivity contribution in [3.63, 3.8) is 0 Å². The second kappa shape index (κ2) is 3.91. The van der Waals surface area contributed by atoms with Gasteiger partial charge in [-0.3, -0.25) is 4.90 Å². The minimum atomic E-state index is 0.525. The van der Waals surface area contributed by atoms with E-state index in [4.69, 9.17) is 5.73 Å². The van der Waals surface area contributed by atoms with Gasteiger partial charge in [-0.2, -0.15) is 0 Å². The van der Waals surface area contributed by atoms with E-state index in [1.165, 1.54) is 32.2 Å². The number of fused-ring (bicyclic) bond motifs is 1. The van der Waals surface area contributed by atoms with Crippen LogP contribution in [0.15, 0.2) is 4.99 Å². The second-order valence-electron chi connectivity index (χ2n) is 5.51. The van der Waals surface area contributed by atoms with Gasteiger partial charge in [-0.1, -0.05) is 0 Å². The Bertz CT molecular complexity index is 297. The highest BCUT2D eigenvalue weighted by molar-refractivity contribution is 5.79. The maximum atomic E-state index is 6.12. The minimum absolute atomic E-state index is 0.525. The molecule has 0 aromatic rings. The first kappa shape index (κ1) is 10.4. The molecule has 2 atom stereocenters. The largest absolute Gasteiger partial charge is 0.370 e. The van der Waals surface area contributed by atoms with Crippen molar-refractivity contribution in [3.8, 4) is 0 Å². The SMILES string of the molecule is CC1CN2CCCC2CN1C(N)=NC1CC1. The average molecular weight is 222 g/mol. The molecule has 0 bridgehead atoms. The molecule has 0 amide bonds. The molecule has 2 saturated heterocycles. The van der Waals surface area contributed by atoms with Crippen LogP contribution in [0.1, 0.15) is 32.6 Å². The lowest BCUT2D eigenvalue weighted by Gasteiger charge is -2.42. The molecule has 3 aliphatic rings. The maximum absolute atomic E-state index is 6.12. The van der Waals surface area contributed by atoms with Crippen LogP contribution in [-0.2, 0) is 0 Å². The van der Waals surface area contributed by atoms with Crippen molar-refractivity contribution in [2.24, 2.45) is 10.7 Å². The van der Waals surface area contributed by atoms with Gasteiger partial charge in [0.2, 0.25) is 0 Å². The molecule has 0 radical (unpaired) electrons. The molecule has 2 unspecified atom stereocenters. The molecule has 16 heavy (non-hydrogen) atoms. The summed E-state index contributed by atoms with van der Waals surface area (Å²) >= 11 is 0. The number of rotatable bonds is 1. The van der Waals surface area contributed by atoms with Gasteiger partial charge in [-0.25, -0.2) is 4.99 Å². The standard InChI is InChI=1S/C12H22N4/c1-9-7-15-6-2-3-11(15)8-16(9)12(13)14-10-4-5-10/h9-11H,2-8H2,1H3,(H2,13,14). The molecule has 3 fully saturated rings. The molecular weight excluding hydrogens is 200 g/mol. The smallest absolute Gasteiger partial charge is 0.191 e. The monoisotopic (exact) mass is 222 g/mol. The lowest BCUT2D eigenvalue weighted by atomic mass is 10.1. The summed E-state index contributed by atoms with van der Waals surface area (Å²) in [5.41, 5.74) is 6.12. The van der Waals surface area contributed by atoms with Crippen LogP contribution in [-0.4, -0.2) is 53.5 Å². The van der Waals surface area contributed by atoms with Gasteiger partial charge in [0, 0.05) is 25.2 Å². The number of nitrogens with two attached hydrogens (primary N) is 1. The zero-order valence-electron chi connectivity index (χ0n) is 10.1. The topological polar surface area (TPSA) is 44.9 Å². The summed E-state index contributed by atoms with van der Waals surface area (Å²) in [5.74, 6) is 0.793. The fraction of sp³-hybridized carbons (Fsp3) is 0.917. The van der Waals surface area contributed by atoms with Crippen LogP contribution in [0.2, 0.25) is 0 Å². The Labute approximate surface area is 97.5 Å². The van der Waals surface area contributed by atoms with Crippen molar-refractivity contribution < 1.29 is 0 Å². The lowest BCUT2D eigenvalue weighted by molar-refractivity contribution is 0.108. The maximum Gasteiger partial charge on any atom is 0.191 e. The third-order valence-electron chi connectivity index (χ3n) is 4.09. The van der Waals surface area contributed by atoms with Crippen molar-refractivity contribution in [1.29, 1.82) is 0 Å². The number of nitrogens with zero attached hydrogens (tertiary/aromatic N) is 3. The predicted octanol–water partition coefficient (Wildman–Crippen LogP) is 0.632. The van der Waals surface area contributed by atoms with E-state index in [0.717, 1.165) is 25.1 Å². The normalized spacial score (nSPS) is 36.6. The van der Waals surface area contributed by atoms with Crippen molar-refractivity contribution in [3.05, 3.63) is 0 Å². The van der Waals surface area contributed by atoms with E-state index in [0.29, 0.717) is 12.1 Å². The fourth-order valence-corrected chi connectivity index (χ4v) is 2.97. The van der Waals surface area contributed by atoms with Crippen LogP contribution in [0.25, 0.3) is 0 Å². The summed E-state index contributed by atoms with van der Waals surface area (Å²) in [7, 11) is 0. The molecule has 0 aromatic carbocycles. The third-order valence-corrected chi connectivity index (χ3v) is 4.09. The Balaban J connectivity index is 1.69. The van der Waals surface area contributed by atoms with E-state index in [-0.39, 0.29) is 0 Å². The van der Waals surface area contributed by atoms with Crippen LogP contribution in [0.4, 0.5) is 0 Å². The first-order valence-corrected chi connectivity index (χ1v) is 6.58. The second-order valence-corrected chi connectivity index (χ2v) is 5.51. The summed E-state index contributed by atoms with van der Waals surface area (Å²) in [6.07, 6.45) is 5.15. The zero-order chi connectivity index (χ0) is 11.1. The predicted molar refractivity (Wildman–Crippen MR) is 65.4 cm³/mol. The van der Waals surface area contributed by atoms with Crippen LogP contribution in [0, 0.1) is 0 Å². The molecular formula is C12H22N4. The number of piperazine rings is 1. The van der Waals surface area contributed by atoms with E-state index in [1.807, 2.05) is 0 Å². The third kappa shape index (κ3) is 1.90. The van der Waals surface area contributed by atoms with E-state index >= 15 is 0 Å². The highest BCUT2D eigenvalue weighted by Gasteiger charge is 2.35. The first-order valence-electron chi connectivity index (χ1n) is 6.58. The zero-order valence-corrected chi connectivity index (χ0v) is 10.1. The summed E-state index contributed by atoms with van der Waals surface area (Å²) in [4.78, 5) is 9.52. The highest BCUT2D eigenvalue weighted by Crippen LogP contribution is 2.26. The number of guanidine groups is 1. The lowest BCUT2D eigenvalue weighted by Crippen LogP contribution is -2.58. The van der Waals surface area contributed by atoms with E-state index in [9.17, 15) is 0 Å². The van der Waals surface area contributed by atoms with Crippen LogP contribution >= 0.6 is 0 Å². The molecule has 90 valence electrons. The summed E-state index contributed by atoms with van der Waals surface area (Å²) in [5, 5.41) is 0. The fourth-order valence-electron chi connectivity index (χ4n) is 2.97. The Kier molecular flexibility index (Phi) is 2.54. The van der Waals surface area contributed by atoms with Gasteiger partial charge in [0.05, 0.1) is 6.04 Å². The molecule has 3 rings (SSSR count). The van der Waals surface area contributed by atoms with Crippen molar-refractivity contribution >= 4 is 5.96 Å². The Morgan fingerprint density at radius 3 is 2.81 bits per heavy atom. The summed E-state index contributed by atoms with van der Waals surface area (Å²) in [6, 6.07) is 1.79. The van der Waals surface area contributed by atoms with Crippen molar-refractivity contribution in [1.82, 2.24) is 9.80 Å². The average Bonchev–Trinajstić information content (AvgIpc) is 2.94. The highest BCUT2D eigenvalue weighted by atomic mass is 15.4. The quantitative estimate of drug-likeness (QED) is 0.523. The molecule has 1 aliphatic carbocycles. The number of aliphatic imine (C=N–C) groups is 1. The van der Waals surface area contributed by atoms with Crippen molar-refractivity contribution in [2.45, 2.75) is 50.7 Å². The van der Waals surface area contributed by atoms with Gasteiger partial charge >= 0.3 is 0 Å². The first-order chi connectivity index (χ1) is 7.74. The Morgan fingerprint density at radius 2 is 2.06 bits per heavy atom. The molecule has 1 saturated carbocycles. The van der Waals surface area contributed by atoms with Crippen LogP contribution in [0.5, 0.6) is 0 Å². The molecule has 2 aliphatic heterocycles. The van der Waals surface area contributed by atoms with Gasteiger partial charge in [0.1, 0.15) is 0 Å². The Morgan fingerprint density at radius 1 is 1.25 bits per heavy atom. The number of hydrogen-bond donors (Lipinski definition) is 1. The van der Waals surface area contributed by atoms with Gasteiger partial charge < -0.3 is 10.6 Å². The minimum Gasteiger partial charge on any atom is -0.370 e. The number of hydrogen-bond acceptors (Lipinski definition) is 2. The molecule has 4 heteroatoms. The summed E-state index contributed by atoms with van der Waals surface area (Å²) in [6.45, 7) is 5.79. The van der Waals surface area contributed by atoms with Crippen LogP contribution in [0.3, 0.4) is 0 Å². The van der Waals surface area contributed by atoms with Gasteiger partial charge in [-0.05, 0) is 39.2 Å². The van der Waals surface area contributed by atoms with Crippen molar-refractivity contribution in [2.75, 3.05) is 19.6 Å². The van der Waals surface area contributed by atoms with Gasteiger partial charge in [0.25, 0.3) is 0 Å². The van der Waals surface area contributed by atoms with Gasteiger partial charge in [0.15, 0.2) is 5.96 Å². The summed E-state index contributed by atoms with van der Waals surface area (Å²) < 4.78 is 0. The van der Waals surface area contributed by atoms with Crippen LogP contribution < -0.4 is 5.73 Å². The van der Waals surface area contributed by atoms with E-state index in [1.54, 1.807) is 0 Å². The molecule has 4 nitrogen and oxygen atoms in total. The molecule has 0 aromatic heterocycles. The van der Waals surface area contributed by atoms with E-state index in [2.05, 4.69) is 21.7 Å².